The van der Waals surface area contributed by atoms with Crippen LogP contribution in [0.25, 0.3) is 11.0 Å². The molecule has 0 amide bonds. The lowest BCUT2D eigenvalue weighted by atomic mass is 10.1. The Morgan fingerprint density at radius 1 is 1.45 bits per heavy atom. The molecule has 3 aromatic rings. The third kappa shape index (κ3) is 2.34. The number of rotatable bonds is 4. The van der Waals surface area contributed by atoms with Crippen molar-refractivity contribution >= 4 is 22.3 Å². The Kier molecular flexibility index (Phi) is 3.54. The molecule has 2 heterocycles. The Labute approximate surface area is 120 Å². The van der Waals surface area contributed by atoms with E-state index in [2.05, 4.69) is 10.3 Å². The molecule has 1 atom stereocenters. The summed E-state index contributed by atoms with van der Waals surface area (Å²) in [6, 6.07) is 6.76. The van der Waals surface area contributed by atoms with E-state index in [0.717, 1.165) is 27.6 Å². The number of para-hydroxylation sites is 1. The maximum Gasteiger partial charge on any atom is 0.169 e. The number of hydrogen-bond acceptors (Lipinski definition) is 4. The molecule has 0 aliphatic carbocycles. The summed E-state index contributed by atoms with van der Waals surface area (Å²) >= 11 is 1.62. The summed E-state index contributed by atoms with van der Waals surface area (Å²) in [4.78, 5) is 5.35. The van der Waals surface area contributed by atoms with E-state index in [4.69, 9.17) is 4.42 Å². The Bertz CT molecular complexity index is 734. The van der Waals surface area contributed by atoms with Gasteiger partial charge in [0.25, 0.3) is 0 Å². The summed E-state index contributed by atoms with van der Waals surface area (Å²) in [5.74, 6) is 0.389. The topological polar surface area (TPSA) is 38.1 Å². The Morgan fingerprint density at radius 3 is 2.95 bits per heavy atom. The lowest BCUT2D eigenvalue weighted by Crippen LogP contribution is -2.20. The molecule has 20 heavy (non-hydrogen) atoms. The maximum atomic E-state index is 13.7. The summed E-state index contributed by atoms with van der Waals surface area (Å²) in [6.45, 7) is 4.79. The lowest BCUT2D eigenvalue weighted by Gasteiger charge is -2.12. The average Bonchev–Trinajstić information content (AvgIpc) is 3.03. The van der Waals surface area contributed by atoms with E-state index in [1.54, 1.807) is 17.4 Å². The summed E-state index contributed by atoms with van der Waals surface area (Å²) in [7, 11) is 0. The normalized spacial score (nSPS) is 12.9. The highest BCUT2D eigenvalue weighted by atomic mass is 32.1. The van der Waals surface area contributed by atoms with Gasteiger partial charge in [0, 0.05) is 16.5 Å². The lowest BCUT2D eigenvalue weighted by molar-refractivity contribution is 0.468. The van der Waals surface area contributed by atoms with Gasteiger partial charge in [-0.1, -0.05) is 19.1 Å². The molecule has 3 rings (SSSR count). The van der Waals surface area contributed by atoms with Crippen molar-refractivity contribution in [3.8, 4) is 0 Å². The molecule has 5 heteroatoms. The largest absolute Gasteiger partial charge is 0.456 e. The number of aromatic nitrogens is 1. The molecule has 0 spiro atoms. The Balaban J connectivity index is 2.07. The molecule has 0 aliphatic heterocycles. The number of nitrogens with one attached hydrogen (secondary N) is 1. The van der Waals surface area contributed by atoms with Crippen LogP contribution in [0.15, 0.2) is 34.9 Å². The molecule has 1 aromatic carbocycles. The van der Waals surface area contributed by atoms with Crippen LogP contribution < -0.4 is 5.32 Å². The van der Waals surface area contributed by atoms with Crippen LogP contribution in [0.1, 0.15) is 28.6 Å². The molecule has 104 valence electrons. The molecule has 3 nitrogen and oxygen atoms in total. The van der Waals surface area contributed by atoms with E-state index in [1.807, 2.05) is 32.2 Å². The van der Waals surface area contributed by atoms with Crippen LogP contribution in [0.3, 0.4) is 0 Å². The fourth-order valence-corrected chi connectivity index (χ4v) is 3.12. The highest BCUT2D eigenvalue weighted by molar-refractivity contribution is 7.11. The zero-order valence-corrected chi connectivity index (χ0v) is 12.1. The van der Waals surface area contributed by atoms with Crippen LogP contribution in [0.4, 0.5) is 4.39 Å². The van der Waals surface area contributed by atoms with Crippen LogP contribution in [-0.2, 0) is 0 Å². The number of nitrogens with zero attached hydrogens (tertiary/aromatic N) is 1. The Hall–Kier alpha value is -1.72. The monoisotopic (exact) mass is 290 g/mol. The minimum atomic E-state index is -0.329. The van der Waals surface area contributed by atoms with Crippen molar-refractivity contribution < 1.29 is 8.81 Å². The van der Waals surface area contributed by atoms with Crippen LogP contribution in [0.5, 0.6) is 0 Å². The molecule has 0 bridgehead atoms. The Morgan fingerprint density at radius 2 is 2.30 bits per heavy atom. The fraction of sp³-hybridized carbons (Fsp3) is 0.267. The van der Waals surface area contributed by atoms with Gasteiger partial charge in [-0.3, -0.25) is 0 Å². The third-order valence-corrected chi connectivity index (χ3v) is 4.11. The molecular weight excluding hydrogens is 275 g/mol. The van der Waals surface area contributed by atoms with Gasteiger partial charge in [0.15, 0.2) is 11.4 Å². The number of furan rings is 1. The highest BCUT2D eigenvalue weighted by Gasteiger charge is 2.20. The van der Waals surface area contributed by atoms with Crippen LogP contribution >= 0.6 is 11.3 Å². The first kappa shape index (κ1) is 13.3. The van der Waals surface area contributed by atoms with E-state index in [-0.39, 0.29) is 11.9 Å². The second kappa shape index (κ2) is 5.34. The van der Waals surface area contributed by atoms with Crippen molar-refractivity contribution in [3.63, 3.8) is 0 Å². The molecule has 0 fully saturated rings. The highest BCUT2D eigenvalue weighted by Crippen LogP contribution is 2.31. The second-order valence-corrected chi connectivity index (χ2v) is 5.85. The molecule has 0 saturated carbocycles. The number of halogens is 1. The van der Waals surface area contributed by atoms with E-state index >= 15 is 0 Å². The minimum Gasteiger partial charge on any atom is -0.456 e. The molecule has 2 aromatic heterocycles. The number of benzene rings is 1. The van der Waals surface area contributed by atoms with Crippen LogP contribution in [0.2, 0.25) is 0 Å². The maximum absolute atomic E-state index is 13.7. The van der Waals surface area contributed by atoms with Gasteiger partial charge >= 0.3 is 0 Å². The number of hydrogen-bond donors (Lipinski definition) is 1. The summed E-state index contributed by atoms with van der Waals surface area (Å²) in [5.41, 5.74) is 0.312. The first-order valence-corrected chi connectivity index (χ1v) is 7.34. The van der Waals surface area contributed by atoms with Gasteiger partial charge in [0.2, 0.25) is 0 Å². The summed E-state index contributed by atoms with van der Waals surface area (Å²) in [5, 5.41) is 5.15. The van der Waals surface area contributed by atoms with Crippen molar-refractivity contribution in [1.82, 2.24) is 10.3 Å². The van der Waals surface area contributed by atoms with Gasteiger partial charge in [-0.2, -0.15) is 0 Å². The zero-order chi connectivity index (χ0) is 14.1. The molecular formula is C15H15FN2OS. The molecule has 0 aliphatic rings. The predicted molar refractivity (Wildman–Crippen MR) is 78.5 cm³/mol. The van der Waals surface area contributed by atoms with E-state index < -0.39 is 0 Å². The van der Waals surface area contributed by atoms with Crippen molar-refractivity contribution in [2.24, 2.45) is 0 Å². The van der Waals surface area contributed by atoms with Crippen molar-refractivity contribution in [2.45, 2.75) is 19.9 Å². The summed E-state index contributed by atoms with van der Waals surface area (Å²) in [6.07, 6.45) is 1.84. The molecule has 1 N–H and O–H groups in total. The van der Waals surface area contributed by atoms with Gasteiger partial charge in [0.05, 0.1) is 5.01 Å². The number of thiazole rings is 1. The van der Waals surface area contributed by atoms with Crippen LogP contribution in [-0.4, -0.2) is 11.5 Å². The zero-order valence-electron chi connectivity index (χ0n) is 11.3. The average molecular weight is 290 g/mol. The van der Waals surface area contributed by atoms with E-state index in [0.29, 0.717) is 5.58 Å². The first-order valence-electron chi connectivity index (χ1n) is 6.52. The standard InChI is InChI=1S/C15H15FN2OS/c1-3-17-14(13-8-18-9(2)20-13)12-7-10-5-4-6-11(16)15(10)19-12/h4-8,14,17H,3H2,1-2H3. The van der Waals surface area contributed by atoms with Gasteiger partial charge in [0.1, 0.15) is 11.8 Å². The smallest absolute Gasteiger partial charge is 0.169 e. The van der Waals surface area contributed by atoms with Crippen LogP contribution in [0, 0.1) is 12.7 Å². The van der Waals surface area contributed by atoms with Gasteiger partial charge < -0.3 is 9.73 Å². The molecule has 0 radical (unpaired) electrons. The van der Waals surface area contributed by atoms with E-state index in [9.17, 15) is 4.39 Å². The molecule has 0 saturated heterocycles. The predicted octanol–water partition coefficient (Wildman–Crippen LogP) is 4.04. The van der Waals surface area contributed by atoms with E-state index in [1.165, 1.54) is 6.07 Å². The number of fused-ring (bicyclic) bond motifs is 1. The van der Waals surface area contributed by atoms with Crippen molar-refractivity contribution in [1.29, 1.82) is 0 Å². The van der Waals surface area contributed by atoms with Gasteiger partial charge in [-0.05, 0) is 25.6 Å². The van der Waals surface area contributed by atoms with Crippen molar-refractivity contribution in [2.75, 3.05) is 6.54 Å². The van der Waals surface area contributed by atoms with Gasteiger partial charge in [-0.15, -0.1) is 11.3 Å². The molecule has 1 unspecified atom stereocenters. The number of aryl methyl sites for hydroxylation is 1. The first-order chi connectivity index (χ1) is 9.69. The van der Waals surface area contributed by atoms with Gasteiger partial charge in [-0.25, -0.2) is 9.37 Å². The SMILES string of the molecule is CCNC(c1cc2cccc(F)c2o1)c1cnc(C)s1. The quantitative estimate of drug-likeness (QED) is 0.788. The fourth-order valence-electron chi connectivity index (χ4n) is 2.25. The summed E-state index contributed by atoms with van der Waals surface area (Å²) < 4.78 is 19.5. The third-order valence-electron chi connectivity index (χ3n) is 3.13. The minimum absolute atomic E-state index is 0.0852. The van der Waals surface area contributed by atoms with Crippen molar-refractivity contribution in [3.05, 3.63) is 51.9 Å². The second-order valence-electron chi connectivity index (χ2n) is 4.58.